The van der Waals surface area contributed by atoms with Gasteiger partial charge in [0.15, 0.2) is 0 Å². The van der Waals surface area contributed by atoms with Gasteiger partial charge in [-0.2, -0.15) is 0 Å². The van der Waals surface area contributed by atoms with Crippen molar-refractivity contribution in [2.24, 2.45) is 7.05 Å². The van der Waals surface area contributed by atoms with Gasteiger partial charge >= 0.3 is 0 Å². The Labute approximate surface area is 139 Å². The molecule has 0 aliphatic carbocycles. The van der Waals surface area contributed by atoms with Crippen LogP contribution >= 0.6 is 0 Å². The van der Waals surface area contributed by atoms with Crippen molar-refractivity contribution >= 4 is 11.0 Å². The fourth-order valence-corrected chi connectivity index (χ4v) is 3.05. The molecule has 1 aromatic carbocycles. The van der Waals surface area contributed by atoms with Gasteiger partial charge in [-0.05, 0) is 32.0 Å². The molecule has 24 heavy (non-hydrogen) atoms. The first kappa shape index (κ1) is 16.3. The van der Waals surface area contributed by atoms with Crippen molar-refractivity contribution in [2.75, 3.05) is 13.7 Å². The molecule has 1 atom stereocenters. The van der Waals surface area contributed by atoms with Gasteiger partial charge in [-0.25, -0.2) is 4.98 Å². The van der Waals surface area contributed by atoms with E-state index in [0.717, 1.165) is 16.9 Å². The number of benzene rings is 1. The Morgan fingerprint density at radius 3 is 2.75 bits per heavy atom. The lowest BCUT2D eigenvalue weighted by molar-refractivity contribution is 0.164. The summed E-state index contributed by atoms with van der Waals surface area (Å²) in [5.41, 5.74) is 3.12. The number of nitrogens with zero attached hydrogens (tertiary/aromatic N) is 3. The lowest BCUT2D eigenvalue weighted by atomic mass is 10.2. The van der Waals surface area contributed by atoms with Gasteiger partial charge in [-0.3, -0.25) is 4.79 Å². The third kappa shape index (κ3) is 2.69. The van der Waals surface area contributed by atoms with Crippen LogP contribution < -0.4 is 5.56 Å². The molecule has 0 aliphatic heterocycles. The molecule has 0 amide bonds. The van der Waals surface area contributed by atoms with Crippen LogP contribution in [0.4, 0.5) is 0 Å². The zero-order valence-electron chi connectivity index (χ0n) is 14.3. The number of hydrogen-bond donors (Lipinski definition) is 1. The van der Waals surface area contributed by atoms with Crippen LogP contribution in [-0.4, -0.2) is 32.9 Å². The molecule has 6 heteroatoms. The van der Waals surface area contributed by atoms with E-state index in [1.165, 1.54) is 0 Å². The Bertz CT molecular complexity index is 930. The Morgan fingerprint density at radius 1 is 1.33 bits per heavy atom. The molecule has 0 saturated heterocycles. The van der Waals surface area contributed by atoms with Crippen molar-refractivity contribution in [1.82, 2.24) is 14.1 Å². The topological polar surface area (TPSA) is 69.3 Å². The van der Waals surface area contributed by atoms with E-state index < -0.39 is 0 Å². The number of pyridine rings is 1. The summed E-state index contributed by atoms with van der Waals surface area (Å²) < 4.78 is 8.95. The number of fused-ring (bicyclic) bond motifs is 1. The van der Waals surface area contributed by atoms with Gasteiger partial charge in [0.1, 0.15) is 11.6 Å². The van der Waals surface area contributed by atoms with Gasteiger partial charge in [-0.1, -0.05) is 0 Å². The number of hydrogen-bond acceptors (Lipinski definition) is 4. The maximum atomic E-state index is 12.0. The maximum absolute atomic E-state index is 12.0. The van der Waals surface area contributed by atoms with E-state index >= 15 is 0 Å². The molecule has 0 aliphatic rings. The van der Waals surface area contributed by atoms with E-state index in [2.05, 4.69) is 11.5 Å². The highest BCUT2D eigenvalue weighted by atomic mass is 16.5. The van der Waals surface area contributed by atoms with Crippen LogP contribution in [-0.2, 0) is 11.8 Å². The largest absolute Gasteiger partial charge is 0.508 e. The standard InChI is InChI=1S/C18H21N3O3/c1-11-7-13(9-20(3)18(11)23)17-19-15-8-14(22)5-6-16(15)21(17)12(2)10-24-4/h5-9,12,22H,10H2,1-4H3/t12-/m0/s1. The maximum Gasteiger partial charge on any atom is 0.253 e. The van der Waals surface area contributed by atoms with E-state index in [0.29, 0.717) is 17.7 Å². The zero-order chi connectivity index (χ0) is 17.4. The van der Waals surface area contributed by atoms with Gasteiger partial charge in [0, 0.05) is 37.5 Å². The second-order valence-electron chi connectivity index (χ2n) is 6.11. The molecule has 0 fully saturated rings. The van der Waals surface area contributed by atoms with Gasteiger partial charge in [-0.15, -0.1) is 0 Å². The summed E-state index contributed by atoms with van der Waals surface area (Å²) in [4.78, 5) is 16.7. The summed E-state index contributed by atoms with van der Waals surface area (Å²) in [5, 5.41) is 9.75. The molecule has 3 aromatic rings. The third-order valence-corrected chi connectivity index (χ3v) is 4.14. The molecular formula is C18H21N3O3. The Morgan fingerprint density at radius 2 is 2.08 bits per heavy atom. The lowest BCUT2D eigenvalue weighted by Gasteiger charge is -2.17. The van der Waals surface area contributed by atoms with E-state index in [1.54, 1.807) is 44.0 Å². The summed E-state index contributed by atoms with van der Waals surface area (Å²) in [5.74, 6) is 0.925. The van der Waals surface area contributed by atoms with E-state index in [4.69, 9.17) is 9.72 Å². The summed E-state index contributed by atoms with van der Waals surface area (Å²) in [6.45, 7) is 4.38. The first-order valence-corrected chi connectivity index (χ1v) is 7.80. The van der Waals surface area contributed by atoms with Gasteiger partial charge in [0.05, 0.1) is 23.7 Å². The molecular weight excluding hydrogens is 306 g/mol. The van der Waals surface area contributed by atoms with Gasteiger partial charge < -0.3 is 19.0 Å². The molecule has 0 spiro atoms. The molecule has 0 bridgehead atoms. The van der Waals surface area contributed by atoms with E-state index in [9.17, 15) is 9.90 Å². The van der Waals surface area contributed by atoms with Crippen molar-refractivity contribution < 1.29 is 9.84 Å². The molecule has 2 heterocycles. The van der Waals surface area contributed by atoms with Crippen LogP contribution in [0.5, 0.6) is 5.75 Å². The quantitative estimate of drug-likeness (QED) is 0.800. The molecule has 1 N–H and O–H groups in total. The molecule has 0 radical (unpaired) electrons. The third-order valence-electron chi connectivity index (χ3n) is 4.14. The predicted octanol–water partition coefficient (Wildman–Crippen LogP) is 2.62. The number of phenols is 1. The lowest BCUT2D eigenvalue weighted by Crippen LogP contribution is -2.19. The number of ether oxygens (including phenoxy) is 1. The number of aryl methyl sites for hydroxylation is 2. The fraction of sp³-hybridized carbons (Fsp3) is 0.333. The number of phenolic OH excluding ortho intramolecular Hbond substituents is 1. The molecule has 0 unspecified atom stereocenters. The second kappa shape index (κ2) is 6.13. The minimum Gasteiger partial charge on any atom is -0.508 e. The number of aromatic hydroxyl groups is 1. The summed E-state index contributed by atoms with van der Waals surface area (Å²) in [7, 11) is 3.40. The highest BCUT2D eigenvalue weighted by molar-refractivity contribution is 5.82. The van der Waals surface area contributed by atoms with Crippen LogP contribution in [0.15, 0.2) is 35.3 Å². The minimum absolute atomic E-state index is 0.0241. The number of methoxy groups -OCH3 is 1. The number of aromatic nitrogens is 3. The molecule has 126 valence electrons. The van der Waals surface area contributed by atoms with Crippen LogP contribution in [0.3, 0.4) is 0 Å². The van der Waals surface area contributed by atoms with E-state index in [1.807, 2.05) is 12.1 Å². The van der Waals surface area contributed by atoms with Crippen LogP contribution in [0.1, 0.15) is 18.5 Å². The number of imidazole rings is 1. The Balaban J connectivity index is 2.30. The van der Waals surface area contributed by atoms with Crippen molar-refractivity contribution in [3.8, 4) is 17.1 Å². The highest BCUT2D eigenvalue weighted by Gasteiger charge is 2.18. The zero-order valence-corrected chi connectivity index (χ0v) is 14.3. The Hall–Kier alpha value is -2.60. The van der Waals surface area contributed by atoms with Crippen LogP contribution in [0.2, 0.25) is 0 Å². The highest BCUT2D eigenvalue weighted by Crippen LogP contribution is 2.30. The van der Waals surface area contributed by atoms with Crippen molar-refractivity contribution in [3.05, 3.63) is 46.4 Å². The van der Waals surface area contributed by atoms with Crippen molar-refractivity contribution in [3.63, 3.8) is 0 Å². The minimum atomic E-state index is -0.0241. The SMILES string of the molecule is COC[C@H](C)n1c(-c2cc(C)c(=O)n(C)c2)nc2cc(O)ccc21. The van der Waals surface area contributed by atoms with Crippen LogP contribution in [0, 0.1) is 6.92 Å². The second-order valence-corrected chi connectivity index (χ2v) is 6.11. The normalized spacial score (nSPS) is 12.7. The van der Waals surface area contributed by atoms with Crippen molar-refractivity contribution in [2.45, 2.75) is 19.9 Å². The summed E-state index contributed by atoms with van der Waals surface area (Å²) in [6, 6.07) is 7.04. The van der Waals surface area contributed by atoms with Crippen molar-refractivity contribution in [1.29, 1.82) is 0 Å². The van der Waals surface area contributed by atoms with E-state index in [-0.39, 0.29) is 17.4 Å². The number of rotatable bonds is 4. The summed E-state index contributed by atoms with van der Waals surface area (Å²) >= 11 is 0. The Kier molecular flexibility index (Phi) is 4.15. The molecule has 6 nitrogen and oxygen atoms in total. The average molecular weight is 327 g/mol. The smallest absolute Gasteiger partial charge is 0.253 e. The average Bonchev–Trinajstić information content (AvgIpc) is 2.90. The summed E-state index contributed by atoms with van der Waals surface area (Å²) in [6.07, 6.45) is 1.78. The predicted molar refractivity (Wildman–Crippen MR) is 93.4 cm³/mol. The van der Waals surface area contributed by atoms with Gasteiger partial charge in [0.2, 0.25) is 0 Å². The fourth-order valence-electron chi connectivity index (χ4n) is 3.05. The van der Waals surface area contributed by atoms with Crippen LogP contribution in [0.25, 0.3) is 22.4 Å². The molecule has 0 saturated carbocycles. The monoisotopic (exact) mass is 327 g/mol. The molecule has 3 rings (SSSR count). The first-order chi connectivity index (χ1) is 11.4. The van der Waals surface area contributed by atoms with Gasteiger partial charge in [0.25, 0.3) is 5.56 Å². The molecule has 2 aromatic heterocycles. The first-order valence-electron chi connectivity index (χ1n) is 7.80.